The molecule has 2 rings (SSSR count). The molecule has 0 bridgehead atoms. The smallest absolute Gasteiger partial charge is 0.0952 e. The van der Waals surface area contributed by atoms with Crippen molar-refractivity contribution in [1.82, 2.24) is 10.2 Å². The summed E-state index contributed by atoms with van der Waals surface area (Å²) in [6, 6.07) is 10.0. The van der Waals surface area contributed by atoms with Gasteiger partial charge in [0.25, 0.3) is 0 Å². The van der Waals surface area contributed by atoms with Crippen molar-refractivity contribution in [3.63, 3.8) is 0 Å². The molecule has 0 unspecified atom stereocenters. The Labute approximate surface area is 71.3 Å². The third kappa shape index (κ3) is 1.11. The van der Waals surface area contributed by atoms with E-state index in [2.05, 4.69) is 17.1 Å². The molecule has 0 aliphatic heterocycles. The Bertz CT molecular complexity index is 362. The number of nitrogens with one attached hydrogen (secondary N) is 1. The largest absolute Gasteiger partial charge is 0.285 e. The summed E-state index contributed by atoms with van der Waals surface area (Å²) in [7, 11) is 0. The van der Waals surface area contributed by atoms with Crippen molar-refractivity contribution in [3.05, 3.63) is 49.0 Å². The highest BCUT2D eigenvalue weighted by Crippen LogP contribution is 2.18. The van der Waals surface area contributed by atoms with Gasteiger partial charge in [0.15, 0.2) is 0 Å². The van der Waals surface area contributed by atoms with Gasteiger partial charge in [0.2, 0.25) is 0 Å². The van der Waals surface area contributed by atoms with Crippen LogP contribution in [-0.2, 0) is 0 Å². The van der Waals surface area contributed by atoms with E-state index in [0.29, 0.717) is 0 Å². The summed E-state index contributed by atoms with van der Waals surface area (Å²) in [5, 5.41) is 6.88. The van der Waals surface area contributed by atoms with Crippen molar-refractivity contribution < 1.29 is 0 Å². The van der Waals surface area contributed by atoms with Crippen molar-refractivity contribution >= 4 is 0 Å². The summed E-state index contributed by atoms with van der Waals surface area (Å²) in [6.45, 7) is 3.86. The maximum Gasteiger partial charge on any atom is 0.0952 e. The highest BCUT2D eigenvalue weighted by atomic mass is 15.1. The molecule has 2 heteroatoms. The highest BCUT2D eigenvalue weighted by molar-refractivity contribution is 5.62. The SMILES string of the molecule is [CH2]c1c[nH]nc1-c1ccccc1. The van der Waals surface area contributed by atoms with Gasteiger partial charge in [-0.05, 0) is 12.5 Å². The van der Waals surface area contributed by atoms with Crippen LogP contribution in [0.1, 0.15) is 5.56 Å². The average molecular weight is 157 g/mol. The molecule has 0 saturated heterocycles. The number of aromatic amines is 1. The van der Waals surface area contributed by atoms with Crippen LogP contribution in [0.3, 0.4) is 0 Å². The lowest BCUT2D eigenvalue weighted by molar-refractivity contribution is 1.10. The van der Waals surface area contributed by atoms with Crippen LogP contribution in [-0.4, -0.2) is 10.2 Å². The molecule has 0 amide bonds. The minimum absolute atomic E-state index is 0.926. The van der Waals surface area contributed by atoms with E-state index in [4.69, 9.17) is 0 Å². The lowest BCUT2D eigenvalue weighted by Crippen LogP contribution is -1.78. The van der Waals surface area contributed by atoms with Crippen molar-refractivity contribution in [3.8, 4) is 11.3 Å². The van der Waals surface area contributed by atoms with Crippen LogP contribution in [0.5, 0.6) is 0 Å². The van der Waals surface area contributed by atoms with Crippen LogP contribution in [0.25, 0.3) is 11.3 Å². The first-order chi connectivity index (χ1) is 5.88. The predicted molar refractivity (Wildman–Crippen MR) is 48.5 cm³/mol. The highest BCUT2D eigenvalue weighted by Gasteiger charge is 2.01. The van der Waals surface area contributed by atoms with Gasteiger partial charge in [0, 0.05) is 11.8 Å². The molecule has 0 aliphatic carbocycles. The van der Waals surface area contributed by atoms with E-state index in [1.165, 1.54) is 0 Å². The van der Waals surface area contributed by atoms with Gasteiger partial charge in [-0.25, -0.2) is 0 Å². The molecule has 0 atom stereocenters. The average Bonchev–Trinajstić information content (AvgIpc) is 2.53. The Morgan fingerprint density at radius 1 is 1.17 bits per heavy atom. The van der Waals surface area contributed by atoms with Gasteiger partial charge in [-0.2, -0.15) is 5.10 Å². The summed E-state index contributed by atoms with van der Waals surface area (Å²) >= 11 is 0. The molecule has 1 heterocycles. The fraction of sp³-hybridized carbons (Fsp3) is 0. The summed E-state index contributed by atoms with van der Waals surface area (Å²) in [5.74, 6) is 0. The number of hydrogen-bond acceptors (Lipinski definition) is 1. The van der Waals surface area contributed by atoms with Crippen LogP contribution in [0.2, 0.25) is 0 Å². The standard InChI is InChI=1S/C10H9N2/c1-8-7-11-12-10(8)9-5-3-2-4-6-9/h2-7H,1H2,(H,11,12). The number of benzene rings is 1. The van der Waals surface area contributed by atoms with Gasteiger partial charge in [0.05, 0.1) is 5.69 Å². The topological polar surface area (TPSA) is 28.7 Å². The fourth-order valence-electron chi connectivity index (χ4n) is 1.16. The molecule has 12 heavy (non-hydrogen) atoms. The van der Waals surface area contributed by atoms with Crippen LogP contribution < -0.4 is 0 Å². The summed E-state index contributed by atoms with van der Waals surface area (Å²) < 4.78 is 0. The molecular weight excluding hydrogens is 148 g/mol. The number of H-pyrrole nitrogens is 1. The van der Waals surface area contributed by atoms with Gasteiger partial charge in [-0.3, -0.25) is 5.10 Å². The Hall–Kier alpha value is -1.57. The molecule has 2 nitrogen and oxygen atoms in total. The zero-order chi connectivity index (χ0) is 8.39. The Balaban J connectivity index is 2.51. The monoisotopic (exact) mass is 157 g/mol. The zero-order valence-corrected chi connectivity index (χ0v) is 6.62. The Morgan fingerprint density at radius 3 is 2.50 bits per heavy atom. The van der Waals surface area contributed by atoms with Crippen LogP contribution in [0.4, 0.5) is 0 Å². The lowest BCUT2D eigenvalue weighted by Gasteiger charge is -1.95. The maximum atomic E-state index is 4.10. The number of aromatic nitrogens is 2. The Kier molecular flexibility index (Phi) is 1.67. The quantitative estimate of drug-likeness (QED) is 0.675. The first-order valence-corrected chi connectivity index (χ1v) is 3.79. The van der Waals surface area contributed by atoms with E-state index < -0.39 is 0 Å². The van der Waals surface area contributed by atoms with E-state index in [1.807, 2.05) is 30.3 Å². The normalized spacial score (nSPS) is 10.1. The molecule has 1 radical (unpaired) electrons. The summed E-state index contributed by atoms with van der Waals surface area (Å²) in [5.41, 5.74) is 2.96. The molecule has 0 aliphatic rings. The van der Waals surface area contributed by atoms with Crippen molar-refractivity contribution in [1.29, 1.82) is 0 Å². The van der Waals surface area contributed by atoms with E-state index in [0.717, 1.165) is 16.8 Å². The summed E-state index contributed by atoms with van der Waals surface area (Å²) in [4.78, 5) is 0. The molecule has 2 aromatic rings. The first-order valence-electron chi connectivity index (χ1n) is 3.79. The third-order valence-corrected chi connectivity index (χ3v) is 1.77. The van der Waals surface area contributed by atoms with Gasteiger partial charge < -0.3 is 0 Å². The Morgan fingerprint density at radius 2 is 1.92 bits per heavy atom. The molecule has 0 spiro atoms. The van der Waals surface area contributed by atoms with Gasteiger partial charge in [0.1, 0.15) is 0 Å². The molecule has 1 N–H and O–H groups in total. The van der Waals surface area contributed by atoms with E-state index in [1.54, 1.807) is 6.20 Å². The van der Waals surface area contributed by atoms with Crippen LogP contribution in [0.15, 0.2) is 36.5 Å². The van der Waals surface area contributed by atoms with Crippen molar-refractivity contribution in [2.75, 3.05) is 0 Å². The second-order valence-electron chi connectivity index (χ2n) is 2.63. The lowest BCUT2D eigenvalue weighted by atomic mass is 10.1. The summed E-state index contributed by atoms with van der Waals surface area (Å²) in [6.07, 6.45) is 1.79. The molecule has 59 valence electrons. The molecule has 1 aromatic heterocycles. The fourth-order valence-corrected chi connectivity index (χ4v) is 1.16. The molecule has 0 saturated carbocycles. The predicted octanol–water partition coefficient (Wildman–Crippen LogP) is 2.26. The van der Waals surface area contributed by atoms with Gasteiger partial charge in [-0.1, -0.05) is 30.3 Å². The van der Waals surface area contributed by atoms with Crippen molar-refractivity contribution in [2.24, 2.45) is 0 Å². The number of hydrogen-bond donors (Lipinski definition) is 1. The molecular formula is C10H9N2. The van der Waals surface area contributed by atoms with Crippen molar-refractivity contribution in [2.45, 2.75) is 0 Å². The first kappa shape index (κ1) is 7.10. The third-order valence-electron chi connectivity index (χ3n) is 1.77. The van der Waals surface area contributed by atoms with E-state index >= 15 is 0 Å². The number of nitrogens with zero attached hydrogens (tertiary/aromatic N) is 1. The van der Waals surface area contributed by atoms with Crippen LogP contribution in [0, 0.1) is 6.92 Å². The zero-order valence-electron chi connectivity index (χ0n) is 6.62. The minimum Gasteiger partial charge on any atom is -0.285 e. The van der Waals surface area contributed by atoms with E-state index in [9.17, 15) is 0 Å². The second-order valence-corrected chi connectivity index (χ2v) is 2.63. The van der Waals surface area contributed by atoms with E-state index in [-0.39, 0.29) is 0 Å². The van der Waals surface area contributed by atoms with Gasteiger partial charge in [-0.15, -0.1) is 0 Å². The van der Waals surface area contributed by atoms with Gasteiger partial charge >= 0.3 is 0 Å². The second kappa shape index (κ2) is 2.81. The minimum atomic E-state index is 0.926. The molecule has 0 fully saturated rings. The number of rotatable bonds is 1. The van der Waals surface area contributed by atoms with Crippen LogP contribution >= 0.6 is 0 Å². The molecule has 1 aromatic carbocycles. The maximum absolute atomic E-state index is 4.10.